The van der Waals surface area contributed by atoms with E-state index in [1.54, 1.807) is 0 Å². The van der Waals surface area contributed by atoms with Crippen molar-refractivity contribution < 1.29 is 16.8 Å². The maximum atomic E-state index is 11.9. The Hall–Kier alpha value is 0.240. The van der Waals surface area contributed by atoms with Crippen molar-refractivity contribution in [1.29, 1.82) is 0 Å². The number of rotatable bonds is 1. The average molecular weight is 192 g/mol. The molecule has 1 aliphatic heterocycles. The molecule has 0 nitrogen and oxygen atoms in total. The van der Waals surface area contributed by atoms with E-state index in [0.29, 0.717) is 11.8 Å². The van der Waals surface area contributed by atoms with Crippen LogP contribution in [-0.2, 0) is 0 Å². The summed E-state index contributed by atoms with van der Waals surface area (Å²) in [4.78, 5) is -1.77. The Labute approximate surface area is 60.1 Å². The average Bonchev–Trinajstić information content (AvgIpc) is 2.04. The molecule has 0 radical (unpaired) electrons. The molecular weight excluding hydrogens is 187 g/mol. The van der Waals surface area contributed by atoms with E-state index in [1.165, 1.54) is 11.5 Å². The predicted molar refractivity (Wildman–Crippen MR) is 36.5 cm³/mol. The van der Waals surface area contributed by atoms with Gasteiger partial charge in [0.25, 0.3) is 0 Å². The summed E-state index contributed by atoms with van der Waals surface area (Å²) >= 11 is 0.526. The molecular formula is C4H5F4PS. The zero-order valence-electron chi connectivity index (χ0n) is 4.81. The van der Waals surface area contributed by atoms with Crippen LogP contribution in [0.1, 0.15) is 6.42 Å². The Morgan fingerprint density at radius 2 is 1.90 bits per heavy atom. The predicted octanol–water partition coefficient (Wildman–Crippen LogP) is 4.05. The van der Waals surface area contributed by atoms with Crippen LogP contribution < -0.4 is 0 Å². The summed E-state index contributed by atoms with van der Waals surface area (Å²) in [5.74, 6) is 0. The van der Waals surface area contributed by atoms with Crippen LogP contribution in [0.25, 0.3) is 0 Å². The van der Waals surface area contributed by atoms with Crippen LogP contribution in [0.5, 0.6) is 0 Å². The van der Waals surface area contributed by atoms with Crippen molar-refractivity contribution >= 4 is 19.6 Å². The summed E-state index contributed by atoms with van der Waals surface area (Å²) in [6.07, 6.45) is 1.14. The van der Waals surface area contributed by atoms with Gasteiger partial charge in [0.15, 0.2) is 0 Å². The number of halogens is 4. The van der Waals surface area contributed by atoms with E-state index in [9.17, 15) is 16.8 Å². The van der Waals surface area contributed by atoms with E-state index >= 15 is 0 Å². The first kappa shape index (κ1) is 8.34. The first-order valence-electron chi connectivity index (χ1n) is 2.56. The molecule has 0 N–H and O–H groups in total. The molecule has 0 fully saturated rings. The standard InChI is InChI=1S/C4H5F4PS/c5-9(6,7,8)4-2-1-3-10-4/h1,3-4H,2H2. The van der Waals surface area contributed by atoms with Crippen molar-refractivity contribution in [3.63, 3.8) is 0 Å². The second-order valence-electron chi connectivity index (χ2n) is 1.97. The Balaban J connectivity index is 2.67. The van der Waals surface area contributed by atoms with Crippen LogP contribution in [0.2, 0.25) is 0 Å². The topological polar surface area (TPSA) is 0 Å². The van der Waals surface area contributed by atoms with Gasteiger partial charge < -0.3 is 0 Å². The molecule has 0 aromatic carbocycles. The number of allylic oxidation sites excluding steroid dienone is 1. The minimum absolute atomic E-state index is 0.206. The third-order valence-electron chi connectivity index (χ3n) is 1.10. The first-order valence-corrected chi connectivity index (χ1v) is 5.37. The van der Waals surface area contributed by atoms with Crippen molar-refractivity contribution in [2.24, 2.45) is 0 Å². The van der Waals surface area contributed by atoms with Gasteiger partial charge in [-0.3, -0.25) is 0 Å². The van der Waals surface area contributed by atoms with Crippen molar-refractivity contribution in [1.82, 2.24) is 0 Å². The monoisotopic (exact) mass is 192 g/mol. The van der Waals surface area contributed by atoms with Gasteiger partial charge in [-0.1, -0.05) is 0 Å². The molecule has 0 saturated carbocycles. The molecule has 0 amide bonds. The first-order chi connectivity index (χ1) is 4.36. The molecule has 1 heterocycles. The summed E-state index contributed by atoms with van der Waals surface area (Å²) < 4.78 is 47.4. The summed E-state index contributed by atoms with van der Waals surface area (Å²) in [5, 5.41) is 1.30. The second-order valence-corrected chi connectivity index (χ2v) is 5.61. The van der Waals surface area contributed by atoms with Gasteiger partial charge in [-0.05, 0) is 0 Å². The Bertz CT molecular complexity index is 155. The van der Waals surface area contributed by atoms with Gasteiger partial charge in [0, 0.05) is 0 Å². The van der Waals surface area contributed by atoms with Crippen LogP contribution in [0.15, 0.2) is 11.5 Å². The van der Waals surface area contributed by atoms with Gasteiger partial charge >= 0.3 is 59.3 Å². The van der Waals surface area contributed by atoms with E-state index in [4.69, 9.17) is 0 Å². The molecule has 0 aromatic heterocycles. The Morgan fingerprint density at radius 1 is 1.30 bits per heavy atom. The van der Waals surface area contributed by atoms with Crippen molar-refractivity contribution in [2.45, 2.75) is 11.4 Å². The van der Waals surface area contributed by atoms with Gasteiger partial charge in [0.05, 0.1) is 0 Å². The summed E-state index contributed by atoms with van der Waals surface area (Å²) in [6.45, 7) is 0. The molecule has 0 aromatic rings. The molecule has 0 aliphatic carbocycles. The molecule has 0 saturated heterocycles. The molecule has 1 unspecified atom stereocenters. The maximum absolute atomic E-state index is 11.9. The van der Waals surface area contributed by atoms with Crippen LogP contribution in [0.3, 0.4) is 0 Å². The molecule has 6 heteroatoms. The number of hydrogen-bond donors (Lipinski definition) is 0. The van der Waals surface area contributed by atoms with E-state index in [-0.39, 0.29) is 6.42 Å². The normalized spacial score (nSPS) is 30.0. The summed E-state index contributed by atoms with van der Waals surface area (Å²) in [5.41, 5.74) is 0. The van der Waals surface area contributed by atoms with Crippen LogP contribution in [0.4, 0.5) is 16.8 Å². The molecule has 0 spiro atoms. The fourth-order valence-electron chi connectivity index (χ4n) is 0.625. The quantitative estimate of drug-likeness (QED) is 0.446. The zero-order valence-corrected chi connectivity index (χ0v) is 6.52. The van der Waals surface area contributed by atoms with Gasteiger partial charge in [-0.25, -0.2) is 0 Å². The van der Waals surface area contributed by atoms with Gasteiger partial charge in [-0.15, -0.1) is 0 Å². The molecule has 0 bridgehead atoms. The third-order valence-corrected chi connectivity index (χ3v) is 4.36. The Morgan fingerprint density at radius 3 is 2.10 bits per heavy atom. The van der Waals surface area contributed by atoms with Crippen molar-refractivity contribution in [3.8, 4) is 0 Å². The van der Waals surface area contributed by atoms with E-state index in [0.717, 1.165) is 0 Å². The fraction of sp³-hybridized carbons (Fsp3) is 0.500. The minimum atomic E-state index is -7.28. The van der Waals surface area contributed by atoms with E-state index < -0.39 is 12.8 Å². The summed E-state index contributed by atoms with van der Waals surface area (Å²) in [7, 11) is -7.28. The third kappa shape index (κ3) is 1.86. The molecule has 1 aliphatic rings. The van der Waals surface area contributed by atoms with Gasteiger partial charge in [-0.2, -0.15) is 0 Å². The van der Waals surface area contributed by atoms with Crippen LogP contribution >= 0.6 is 19.6 Å². The number of hydrogen-bond acceptors (Lipinski definition) is 1. The van der Waals surface area contributed by atoms with Crippen LogP contribution in [0, 0.1) is 0 Å². The summed E-state index contributed by atoms with van der Waals surface area (Å²) in [6, 6.07) is 0. The number of thioether (sulfide) groups is 1. The van der Waals surface area contributed by atoms with E-state index in [2.05, 4.69) is 0 Å². The SMILES string of the molecule is FP(F)(F)(F)C1CC=CS1. The molecule has 10 heavy (non-hydrogen) atoms. The molecule has 1 rings (SSSR count). The zero-order chi connectivity index (χ0) is 7.85. The van der Waals surface area contributed by atoms with Crippen molar-refractivity contribution in [2.75, 3.05) is 0 Å². The van der Waals surface area contributed by atoms with E-state index in [1.807, 2.05) is 0 Å². The molecule has 60 valence electrons. The van der Waals surface area contributed by atoms with Crippen molar-refractivity contribution in [3.05, 3.63) is 11.5 Å². The Kier molecular flexibility index (Phi) is 1.76. The van der Waals surface area contributed by atoms with Crippen LogP contribution in [-0.4, -0.2) is 4.99 Å². The molecule has 1 atom stereocenters. The van der Waals surface area contributed by atoms with Gasteiger partial charge in [0.2, 0.25) is 0 Å². The fourth-order valence-corrected chi connectivity index (χ4v) is 2.64. The second kappa shape index (κ2) is 2.11. The van der Waals surface area contributed by atoms with Gasteiger partial charge in [0.1, 0.15) is 0 Å².